The zero-order chi connectivity index (χ0) is 23.0. The number of alkyl halides is 3. The van der Waals surface area contributed by atoms with E-state index in [9.17, 15) is 18.0 Å². The fourth-order valence-electron chi connectivity index (χ4n) is 4.97. The Kier molecular flexibility index (Phi) is 5.76. The highest BCUT2D eigenvalue weighted by molar-refractivity contribution is 6.02. The van der Waals surface area contributed by atoms with Crippen LogP contribution in [0, 0.1) is 0 Å². The summed E-state index contributed by atoms with van der Waals surface area (Å²) in [5.74, 6) is 1.86. The Morgan fingerprint density at radius 2 is 1.70 bits per heavy atom. The van der Waals surface area contributed by atoms with Crippen molar-refractivity contribution in [1.29, 1.82) is 0 Å². The normalized spacial score (nSPS) is 19.7. The van der Waals surface area contributed by atoms with Crippen LogP contribution in [0.25, 0.3) is 11.1 Å². The standard InChI is InChI=1S/C25H26F3N3O2/c26-25(27,28)19-6-3-17(4-7-19)18-5-8-22-21(16-18)24(29-11-15-33-22)30-13-9-20(10-14-30)31-12-1-2-23(31)32/h3-8,16,20H,1-2,9-15H2. The maximum absolute atomic E-state index is 12.9. The number of amides is 1. The average Bonchev–Trinajstić information content (AvgIpc) is 3.13. The third-order valence-corrected chi connectivity index (χ3v) is 6.69. The number of carbonyl (C=O) groups is 1. The van der Waals surface area contributed by atoms with Crippen LogP contribution >= 0.6 is 0 Å². The van der Waals surface area contributed by atoms with E-state index in [2.05, 4.69) is 4.90 Å². The summed E-state index contributed by atoms with van der Waals surface area (Å²) in [5, 5.41) is 0. The Balaban J connectivity index is 1.38. The molecule has 2 saturated heterocycles. The fraction of sp³-hybridized carbons (Fsp3) is 0.440. The Hall–Kier alpha value is -3.03. The number of halogens is 3. The second kappa shape index (κ2) is 8.72. The molecule has 0 unspecified atom stereocenters. The molecule has 2 aromatic carbocycles. The number of piperidine rings is 1. The monoisotopic (exact) mass is 457 g/mol. The summed E-state index contributed by atoms with van der Waals surface area (Å²) in [4.78, 5) is 21.2. The minimum absolute atomic E-state index is 0.264. The lowest BCUT2D eigenvalue weighted by atomic mass is 9.98. The number of aliphatic imine (C=N–C) groups is 1. The van der Waals surface area contributed by atoms with E-state index < -0.39 is 11.7 Å². The number of carbonyl (C=O) groups excluding carboxylic acids is 1. The first-order valence-electron chi connectivity index (χ1n) is 11.4. The number of nitrogens with zero attached hydrogens (tertiary/aromatic N) is 3. The van der Waals surface area contributed by atoms with Crippen molar-refractivity contribution in [1.82, 2.24) is 9.80 Å². The smallest absolute Gasteiger partial charge is 0.416 e. The summed E-state index contributed by atoms with van der Waals surface area (Å²) in [6.45, 7) is 3.49. The Bertz CT molecular complexity index is 1060. The molecule has 8 heteroatoms. The van der Waals surface area contributed by atoms with E-state index in [1.165, 1.54) is 12.1 Å². The molecule has 33 heavy (non-hydrogen) atoms. The van der Waals surface area contributed by atoms with Gasteiger partial charge in [-0.2, -0.15) is 13.2 Å². The van der Waals surface area contributed by atoms with Crippen LogP contribution in [-0.2, 0) is 11.0 Å². The molecule has 0 atom stereocenters. The number of rotatable bonds is 2. The first kappa shape index (κ1) is 21.8. The largest absolute Gasteiger partial charge is 0.491 e. The lowest BCUT2D eigenvalue weighted by Gasteiger charge is -2.38. The van der Waals surface area contributed by atoms with Gasteiger partial charge in [0.25, 0.3) is 0 Å². The zero-order valence-electron chi connectivity index (χ0n) is 18.3. The predicted molar refractivity (Wildman–Crippen MR) is 119 cm³/mol. The van der Waals surface area contributed by atoms with Crippen molar-refractivity contribution < 1.29 is 22.7 Å². The number of likely N-dealkylation sites (tertiary alicyclic amines) is 2. The molecular formula is C25H26F3N3O2. The Labute approximate surface area is 190 Å². The molecule has 3 aliphatic heterocycles. The third kappa shape index (κ3) is 4.43. The molecule has 3 aliphatic rings. The predicted octanol–water partition coefficient (Wildman–Crippen LogP) is 4.60. The summed E-state index contributed by atoms with van der Waals surface area (Å²) in [7, 11) is 0. The molecular weight excluding hydrogens is 431 g/mol. The molecule has 5 rings (SSSR count). The van der Waals surface area contributed by atoms with E-state index in [1.807, 2.05) is 23.1 Å². The van der Waals surface area contributed by atoms with Crippen LogP contribution in [0.4, 0.5) is 13.2 Å². The van der Waals surface area contributed by atoms with Gasteiger partial charge < -0.3 is 14.5 Å². The molecule has 0 aliphatic carbocycles. The molecule has 0 radical (unpaired) electrons. The van der Waals surface area contributed by atoms with Crippen molar-refractivity contribution in [3.8, 4) is 16.9 Å². The van der Waals surface area contributed by atoms with E-state index in [0.717, 1.165) is 73.7 Å². The number of hydrogen-bond acceptors (Lipinski definition) is 4. The lowest BCUT2D eigenvalue weighted by Crippen LogP contribution is -2.47. The van der Waals surface area contributed by atoms with Crippen molar-refractivity contribution in [2.24, 2.45) is 4.99 Å². The molecule has 0 bridgehead atoms. The quantitative estimate of drug-likeness (QED) is 0.662. The van der Waals surface area contributed by atoms with E-state index in [0.29, 0.717) is 25.1 Å². The topological polar surface area (TPSA) is 45.1 Å². The summed E-state index contributed by atoms with van der Waals surface area (Å²) in [5.41, 5.74) is 1.73. The van der Waals surface area contributed by atoms with Gasteiger partial charge in [0.2, 0.25) is 5.91 Å². The zero-order valence-corrected chi connectivity index (χ0v) is 18.3. The van der Waals surface area contributed by atoms with Crippen molar-refractivity contribution in [3.63, 3.8) is 0 Å². The van der Waals surface area contributed by atoms with Crippen LogP contribution < -0.4 is 4.74 Å². The van der Waals surface area contributed by atoms with Gasteiger partial charge in [-0.25, -0.2) is 0 Å². The van der Waals surface area contributed by atoms with Gasteiger partial charge in [0.1, 0.15) is 18.2 Å². The van der Waals surface area contributed by atoms with Crippen molar-refractivity contribution in [2.75, 3.05) is 32.8 Å². The maximum Gasteiger partial charge on any atom is 0.416 e. The van der Waals surface area contributed by atoms with Crippen LogP contribution in [0.15, 0.2) is 47.5 Å². The Morgan fingerprint density at radius 3 is 2.36 bits per heavy atom. The van der Waals surface area contributed by atoms with Crippen molar-refractivity contribution >= 4 is 11.7 Å². The summed E-state index contributed by atoms with van der Waals surface area (Å²) >= 11 is 0. The van der Waals surface area contributed by atoms with Crippen LogP contribution in [0.5, 0.6) is 5.75 Å². The van der Waals surface area contributed by atoms with E-state index in [4.69, 9.17) is 9.73 Å². The van der Waals surface area contributed by atoms with Crippen LogP contribution in [0.2, 0.25) is 0 Å². The van der Waals surface area contributed by atoms with Crippen LogP contribution in [0.1, 0.15) is 36.8 Å². The van der Waals surface area contributed by atoms with Gasteiger partial charge in [-0.1, -0.05) is 18.2 Å². The first-order valence-corrected chi connectivity index (χ1v) is 11.4. The van der Waals surface area contributed by atoms with Gasteiger partial charge in [-0.15, -0.1) is 0 Å². The minimum Gasteiger partial charge on any atom is -0.491 e. The molecule has 0 aromatic heterocycles. The van der Waals surface area contributed by atoms with E-state index >= 15 is 0 Å². The van der Waals surface area contributed by atoms with Crippen LogP contribution in [-0.4, -0.2) is 60.4 Å². The van der Waals surface area contributed by atoms with E-state index in [-0.39, 0.29) is 11.9 Å². The number of hydrogen-bond donors (Lipinski definition) is 0. The number of amidine groups is 1. The minimum atomic E-state index is -4.36. The molecule has 2 fully saturated rings. The first-order chi connectivity index (χ1) is 15.9. The maximum atomic E-state index is 12.9. The summed E-state index contributed by atoms with van der Waals surface area (Å²) in [6, 6.07) is 11.2. The highest BCUT2D eigenvalue weighted by Gasteiger charge is 2.33. The SMILES string of the molecule is O=C1CCCN1C1CCN(C2=NCCOc3ccc(-c4ccc(C(F)(F)F)cc4)cc32)CC1. The van der Waals surface area contributed by atoms with Crippen molar-refractivity contribution in [2.45, 2.75) is 37.9 Å². The summed E-state index contributed by atoms with van der Waals surface area (Å²) in [6.07, 6.45) is -0.946. The van der Waals surface area contributed by atoms with Gasteiger partial charge in [-0.05, 0) is 54.7 Å². The number of benzene rings is 2. The average molecular weight is 457 g/mol. The second-order valence-electron chi connectivity index (χ2n) is 8.75. The third-order valence-electron chi connectivity index (χ3n) is 6.69. The molecule has 174 valence electrons. The van der Waals surface area contributed by atoms with Crippen molar-refractivity contribution in [3.05, 3.63) is 53.6 Å². The molecule has 0 spiro atoms. The van der Waals surface area contributed by atoms with Gasteiger partial charge in [0.05, 0.1) is 17.7 Å². The summed E-state index contributed by atoms with van der Waals surface area (Å²) < 4.78 is 44.7. The molecule has 1 amide bonds. The Morgan fingerprint density at radius 1 is 0.970 bits per heavy atom. The van der Waals surface area contributed by atoms with E-state index in [1.54, 1.807) is 0 Å². The molecule has 0 saturated carbocycles. The highest BCUT2D eigenvalue weighted by Crippen LogP contribution is 2.34. The fourth-order valence-corrected chi connectivity index (χ4v) is 4.97. The van der Waals surface area contributed by atoms with Gasteiger partial charge >= 0.3 is 6.18 Å². The molecule has 2 aromatic rings. The number of fused-ring (bicyclic) bond motifs is 1. The lowest BCUT2D eigenvalue weighted by molar-refractivity contribution is -0.137. The van der Waals surface area contributed by atoms with Gasteiger partial charge in [0.15, 0.2) is 0 Å². The molecule has 3 heterocycles. The van der Waals surface area contributed by atoms with Gasteiger partial charge in [-0.3, -0.25) is 9.79 Å². The van der Waals surface area contributed by atoms with Gasteiger partial charge in [0, 0.05) is 32.1 Å². The molecule has 5 nitrogen and oxygen atoms in total. The van der Waals surface area contributed by atoms with Crippen LogP contribution in [0.3, 0.4) is 0 Å². The second-order valence-corrected chi connectivity index (χ2v) is 8.75. The molecule has 0 N–H and O–H groups in total. The highest BCUT2D eigenvalue weighted by atomic mass is 19.4. The number of ether oxygens (including phenoxy) is 1.